The van der Waals surface area contributed by atoms with Crippen molar-refractivity contribution < 1.29 is 4.79 Å². The van der Waals surface area contributed by atoms with E-state index in [9.17, 15) is 4.79 Å². The Morgan fingerprint density at radius 3 is 2.56 bits per heavy atom. The van der Waals surface area contributed by atoms with Crippen LogP contribution in [0, 0.1) is 19.8 Å². The van der Waals surface area contributed by atoms with E-state index in [4.69, 9.17) is 4.98 Å². The number of hydrogen-bond acceptors (Lipinski definition) is 4. The van der Waals surface area contributed by atoms with Gasteiger partial charge in [0.2, 0.25) is 5.91 Å². The highest BCUT2D eigenvalue weighted by Gasteiger charge is 2.30. The SMILES string of the molecule is CCc1cc(NC2CCN(C(=O)C3CCCC3)CC2)n2nc(C)c(C)c2n1. The number of aromatic nitrogens is 3. The molecule has 1 saturated carbocycles. The largest absolute Gasteiger partial charge is 0.367 e. The molecule has 6 nitrogen and oxygen atoms in total. The first kappa shape index (κ1) is 18.3. The van der Waals surface area contributed by atoms with Crippen LogP contribution in [0.1, 0.15) is 62.4 Å². The zero-order valence-corrected chi connectivity index (χ0v) is 16.8. The van der Waals surface area contributed by atoms with E-state index in [-0.39, 0.29) is 5.92 Å². The highest BCUT2D eigenvalue weighted by Crippen LogP contribution is 2.28. The summed E-state index contributed by atoms with van der Waals surface area (Å²) in [5, 5.41) is 8.37. The van der Waals surface area contributed by atoms with Gasteiger partial charge in [-0.05, 0) is 46.0 Å². The van der Waals surface area contributed by atoms with Gasteiger partial charge in [-0.3, -0.25) is 4.79 Å². The number of likely N-dealkylation sites (tertiary alicyclic amines) is 1. The number of aryl methyl sites for hydroxylation is 3. The molecule has 1 aliphatic heterocycles. The molecule has 3 heterocycles. The van der Waals surface area contributed by atoms with Gasteiger partial charge >= 0.3 is 0 Å². The van der Waals surface area contributed by atoms with Crippen molar-refractivity contribution in [3.8, 4) is 0 Å². The molecule has 2 aromatic rings. The van der Waals surface area contributed by atoms with Crippen molar-refractivity contribution >= 4 is 17.4 Å². The molecule has 6 heteroatoms. The smallest absolute Gasteiger partial charge is 0.225 e. The Morgan fingerprint density at radius 2 is 1.89 bits per heavy atom. The summed E-state index contributed by atoms with van der Waals surface area (Å²) in [6.45, 7) is 7.97. The zero-order valence-electron chi connectivity index (χ0n) is 16.8. The van der Waals surface area contributed by atoms with Crippen LogP contribution < -0.4 is 5.32 Å². The van der Waals surface area contributed by atoms with E-state index in [0.29, 0.717) is 11.9 Å². The summed E-state index contributed by atoms with van der Waals surface area (Å²) >= 11 is 0. The topological polar surface area (TPSA) is 62.5 Å². The molecule has 0 atom stereocenters. The Bertz CT molecular complexity index is 829. The van der Waals surface area contributed by atoms with E-state index in [0.717, 1.165) is 73.6 Å². The first-order valence-corrected chi connectivity index (χ1v) is 10.5. The Labute approximate surface area is 161 Å². The van der Waals surface area contributed by atoms with Gasteiger partial charge in [0.05, 0.1) is 5.69 Å². The summed E-state index contributed by atoms with van der Waals surface area (Å²) in [4.78, 5) is 19.5. The number of amides is 1. The Kier molecular flexibility index (Phi) is 5.06. The Balaban J connectivity index is 1.46. The molecule has 4 rings (SSSR count). The molecule has 27 heavy (non-hydrogen) atoms. The van der Waals surface area contributed by atoms with Gasteiger partial charge < -0.3 is 10.2 Å². The number of carbonyl (C=O) groups is 1. The first-order valence-electron chi connectivity index (χ1n) is 10.5. The van der Waals surface area contributed by atoms with Crippen LogP contribution in [-0.2, 0) is 11.2 Å². The average Bonchev–Trinajstić information content (AvgIpc) is 3.32. The molecule has 2 fully saturated rings. The fourth-order valence-corrected chi connectivity index (χ4v) is 4.45. The van der Waals surface area contributed by atoms with Crippen molar-refractivity contribution in [3.63, 3.8) is 0 Å². The maximum Gasteiger partial charge on any atom is 0.225 e. The van der Waals surface area contributed by atoms with E-state index in [1.165, 1.54) is 12.8 Å². The monoisotopic (exact) mass is 369 g/mol. The van der Waals surface area contributed by atoms with Crippen LogP contribution in [0.25, 0.3) is 5.65 Å². The first-order chi connectivity index (χ1) is 13.1. The standard InChI is InChI=1S/C21H31N5O/c1-4-17-13-19(26-20(23-17)14(2)15(3)24-26)22-18-9-11-25(12-10-18)21(27)16-7-5-6-8-16/h13,16,18,22H,4-12H2,1-3H3. The molecule has 1 saturated heterocycles. The molecule has 0 unspecified atom stereocenters. The van der Waals surface area contributed by atoms with Crippen molar-refractivity contribution in [1.29, 1.82) is 0 Å². The maximum absolute atomic E-state index is 12.6. The van der Waals surface area contributed by atoms with Gasteiger partial charge in [0.1, 0.15) is 5.82 Å². The summed E-state index contributed by atoms with van der Waals surface area (Å²) in [6, 6.07) is 2.49. The van der Waals surface area contributed by atoms with Crippen LogP contribution in [0.5, 0.6) is 0 Å². The quantitative estimate of drug-likeness (QED) is 0.896. The third-order valence-corrected chi connectivity index (χ3v) is 6.34. The number of anilines is 1. The van der Waals surface area contributed by atoms with Gasteiger partial charge in [-0.25, -0.2) is 4.98 Å². The van der Waals surface area contributed by atoms with Gasteiger partial charge in [-0.2, -0.15) is 9.61 Å². The predicted molar refractivity (Wildman–Crippen MR) is 107 cm³/mol. The normalized spacial score (nSPS) is 19.1. The van der Waals surface area contributed by atoms with Gasteiger partial charge in [0.15, 0.2) is 5.65 Å². The lowest BCUT2D eigenvalue weighted by Gasteiger charge is -2.34. The van der Waals surface area contributed by atoms with Crippen molar-refractivity contribution in [2.45, 2.75) is 71.8 Å². The second-order valence-electron chi connectivity index (χ2n) is 8.16. The summed E-state index contributed by atoms with van der Waals surface area (Å²) in [7, 11) is 0. The van der Waals surface area contributed by atoms with E-state index >= 15 is 0 Å². The average molecular weight is 370 g/mol. The van der Waals surface area contributed by atoms with Gasteiger partial charge in [-0.1, -0.05) is 19.8 Å². The van der Waals surface area contributed by atoms with Gasteiger partial charge in [0, 0.05) is 42.4 Å². The van der Waals surface area contributed by atoms with Crippen LogP contribution in [0.4, 0.5) is 5.82 Å². The van der Waals surface area contributed by atoms with Gasteiger partial charge in [-0.15, -0.1) is 0 Å². The molecule has 0 spiro atoms. The number of fused-ring (bicyclic) bond motifs is 1. The lowest BCUT2D eigenvalue weighted by atomic mass is 10.0. The van der Waals surface area contributed by atoms with Crippen LogP contribution in [-0.4, -0.2) is 44.5 Å². The molecule has 0 radical (unpaired) electrons. The number of hydrogen-bond donors (Lipinski definition) is 1. The molecule has 0 aromatic carbocycles. The highest BCUT2D eigenvalue weighted by molar-refractivity contribution is 5.79. The number of nitrogens with one attached hydrogen (secondary N) is 1. The summed E-state index contributed by atoms with van der Waals surface area (Å²) in [5.41, 5.74) is 4.20. The fraction of sp³-hybridized carbons (Fsp3) is 0.667. The lowest BCUT2D eigenvalue weighted by molar-refractivity contribution is -0.136. The summed E-state index contributed by atoms with van der Waals surface area (Å²) in [6.07, 6.45) is 7.49. The van der Waals surface area contributed by atoms with E-state index in [1.807, 2.05) is 11.4 Å². The Morgan fingerprint density at radius 1 is 1.19 bits per heavy atom. The van der Waals surface area contributed by atoms with Crippen LogP contribution in [0.2, 0.25) is 0 Å². The summed E-state index contributed by atoms with van der Waals surface area (Å²) in [5.74, 6) is 1.70. The maximum atomic E-state index is 12.6. The van der Waals surface area contributed by atoms with Crippen molar-refractivity contribution in [2.75, 3.05) is 18.4 Å². The van der Waals surface area contributed by atoms with E-state index in [2.05, 4.69) is 35.2 Å². The third kappa shape index (κ3) is 3.54. The highest BCUT2D eigenvalue weighted by atomic mass is 16.2. The molecular weight excluding hydrogens is 338 g/mol. The molecule has 1 amide bonds. The third-order valence-electron chi connectivity index (χ3n) is 6.34. The summed E-state index contributed by atoms with van der Waals surface area (Å²) < 4.78 is 1.94. The van der Waals surface area contributed by atoms with Crippen LogP contribution in [0.15, 0.2) is 6.07 Å². The second-order valence-corrected chi connectivity index (χ2v) is 8.16. The molecule has 1 N–H and O–H groups in total. The molecule has 146 valence electrons. The minimum atomic E-state index is 0.288. The molecular formula is C21H31N5O. The van der Waals surface area contributed by atoms with Crippen molar-refractivity contribution in [3.05, 3.63) is 23.0 Å². The molecule has 0 bridgehead atoms. The van der Waals surface area contributed by atoms with Crippen molar-refractivity contribution in [1.82, 2.24) is 19.5 Å². The predicted octanol–water partition coefficient (Wildman–Crippen LogP) is 3.50. The molecule has 1 aliphatic carbocycles. The van der Waals surface area contributed by atoms with Crippen molar-refractivity contribution in [2.24, 2.45) is 5.92 Å². The fourth-order valence-electron chi connectivity index (χ4n) is 4.45. The minimum absolute atomic E-state index is 0.288. The number of rotatable bonds is 4. The minimum Gasteiger partial charge on any atom is -0.367 e. The van der Waals surface area contributed by atoms with E-state index in [1.54, 1.807) is 0 Å². The second kappa shape index (κ2) is 7.49. The number of piperidine rings is 1. The lowest BCUT2D eigenvalue weighted by Crippen LogP contribution is -2.44. The number of carbonyl (C=O) groups excluding carboxylic acids is 1. The van der Waals surface area contributed by atoms with E-state index < -0.39 is 0 Å². The molecule has 2 aromatic heterocycles. The van der Waals surface area contributed by atoms with Crippen LogP contribution in [0.3, 0.4) is 0 Å². The molecule has 2 aliphatic rings. The van der Waals surface area contributed by atoms with Gasteiger partial charge in [0.25, 0.3) is 0 Å². The number of nitrogens with zero attached hydrogens (tertiary/aromatic N) is 4. The zero-order chi connectivity index (χ0) is 19.0. The van der Waals surface area contributed by atoms with Crippen LogP contribution >= 0.6 is 0 Å². The Hall–Kier alpha value is -2.11.